The SMILES string of the molecule is CC1=C(C)C2(CCCC2)CC1(C)C. The third kappa shape index (κ3) is 1.18. The van der Waals surface area contributed by atoms with E-state index in [-0.39, 0.29) is 0 Å². The molecule has 0 aliphatic heterocycles. The third-order valence-electron chi connectivity index (χ3n) is 4.71. The van der Waals surface area contributed by atoms with Crippen LogP contribution in [0.2, 0.25) is 0 Å². The van der Waals surface area contributed by atoms with Gasteiger partial charge in [-0.2, -0.15) is 0 Å². The van der Waals surface area contributed by atoms with Crippen LogP contribution in [0.25, 0.3) is 0 Å². The van der Waals surface area contributed by atoms with Crippen molar-refractivity contribution < 1.29 is 0 Å². The molecule has 13 heavy (non-hydrogen) atoms. The van der Waals surface area contributed by atoms with E-state index >= 15 is 0 Å². The van der Waals surface area contributed by atoms with Gasteiger partial charge in [0.25, 0.3) is 0 Å². The van der Waals surface area contributed by atoms with Crippen molar-refractivity contribution in [2.75, 3.05) is 0 Å². The summed E-state index contributed by atoms with van der Waals surface area (Å²) >= 11 is 0. The first-order valence-corrected chi connectivity index (χ1v) is 5.66. The van der Waals surface area contributed by atoms with Gasteiger partial charge in [-0.05, 0) is 43.9 Å². The molecule has 2 rings (SSSR count). The van der Waals surface area contributed by atoms with Crippen LogP contribution in [0, 0.1) is 10.8 Å². The highest BCUT2D eigenvalue weighted by molar-refractivity contribution is 5.32. The maximum absolute atomic E-state index is 2.42. The van der Waals surface area contributed by atoms with Gasteiger partial charge >= 0.3 is 0 Å². The number of allylic oxidation sites excluding steroid dienone is 2. The van der Waals surface area contributed by atoms with Crippen LogP contribution in [0.3, 0.4) is 0 Å². The van der Waals surface area contributed by atoms with E-state index in [1.807, 2.05) is 0 Å². The smallest absolute Gasteiger partial charge is 0.00799 e. The Hall–Kier alpha value is -0.260. The summed E-state index contributed by atoms with van der Waals surface area (Å²) in [7, 11) is 0. The molecule has 1 saturated carbocycles. The first kappa shape index (κ1) is 9.30. The Labute approximate surface area is 82.4 Å². The van der Waals surface area contributed by atoms with Gasteiger partial charge in [0, 0.05) is 0 Å². The van der Waals surface area contributed by atoms with Crippen LogP contribution in [-0.4, -0.2) is 0 Å². The molecule has 0 atom stereocenters. The fourth-order valence-corrected chi connectivity index (χ4v) is 3.62. The van der Waals surface area contributed by atoms with Gasteiger partial charge in [0.1, 0.15) is 0 Å². The lowest BCUT2D eigenvalue weighted by molar-refractivity contribution is 0.275. The van der Waals surface area contributed by atoms with Crippen molar-refractivity contribution in [2.45, 2.75) is 59.8 Å². The molecule has 2 aliphatic rings. The molecule has 0 aromatic rings. The molecule has 0 unspecified atom stereocenters. The second-order valence-corrected chi connectivity index (χ2v) is 5.80. The Morgan fingerprint density at radius 2 is 1.46 bits per heavy atom. The van der Waals surface area contributed by atoms with Crippen LogP contribution in [-0.2, 0) is 0 Å². The zero-order chi connectivity index (χ0) is 9.69. The lowest BCUT2D eigenvalue weighted by Gasteiger charge is -2.28. The van der Waals surface area contributed by atoms with Gasteiger partial charge in [-0.3, -0.25) is 0 Å². The highest BCUT2D eigenvalue weighted by atomic mass is 14.5. The van der Waals surface area contributed by atoms with Crippen LogP contribution in [0.4, 0.5) is 0 Å². The topological polar surface area (TPSA) is 0 Å². The van der Waals surface area contributed by atoms with Crippen molar-refractivity contribution in [3.05, 3.63) is 11.1 Å². The number of hydrogen-bond acceptors (Lipinski definition) is 0. The number of hydrogen-bond donors (Lipinski definition) is 0. The first-order chi connectivity index (χ1) is 5.98. The van der Waals surface area contributed by atoms with Crippen LogP contribution >= 0.6 is 0 Å². The Kier molecular flexibility index (Phi) is 1.87. The molecule has 0 N–H and O–H groups in total. The molecule has 0 amide bonds. The van der Waals surface area contributed by atoms with Crippen LogP contribution in [0.5, 0.6) is 0 Å². The molecule has 2 aliphatic carbocycles. The first-order valence-electron chi connectivity index (χ1n) is 5.66. The van der Waals surface area contributed by atoms with E-state index in [0.29, 0.717) is 10.8 Å². The Morgan fingerprint density at radius 3 is 1.85 bits per heavy atom. The van der Waals surface area contributed by atoms with E-state index in [4.69, 9.17) is 0 Å². The molecule has 0 saturated heterocycles. The molecule has 1 spiro atoms. The Balaban J connectivity index is 2.37. The van der Waals surface area contributed by atoms with Gasteiger partial charge in [-0.15, -0.1) is 0 Å². The molecule has 74 valence electrons. The second-order valence-electron chi connectivity index (χ2n) is 5.80. The Morgan fingerprint density at radius 1 is 0.923 bits per heavy atom. The van der Waals surface area contributed by atoms with Gasteiger partial charge in [0.2, 0.25) is 0 Å². The van der Waals surface area contributed by atoms with Gasteiger partial charge < -0.3 is 0 Å². The zero-order valence-corrected chi connectivity index (χ0v) is 9.54. The van der Waals surface area contributed by atoms with Crippen molar-refractivity contribution in [3.63, 3.8) is 0 Å². The van der Waals surface area contributed by atoms with Crippen LogP contribution in [0.1, 0.15) is 59.8 Å². The second kappa shape index (κ2) is 2.62. The summed E-state index contributed by atoms with van der Waals surface area (Å²) < 4.78 is 0. The summed E-state index contributed by atoms with van der Waals surface area (Å²) in [6, 6.07) is 0. The molecule has 0 aromatic carbocycles. The fourth-order valence-electron chi connectivity index (χ4n) is 3.62. The van der Waals surface area contributed by atoms with E-state index in [9.17, 15) is 0 Å². The minimum Gasteiger partial charge on any atom is -0.0682 e. The summed E-state index contributed by atoms with van der Waals surface area (Å²) in [5, 5.41) is 0. The van der Waals surface area contributed by atoms with Gasteiger partial charge in [0.05, 0.1) is 0 Å². The van der Waals surface area contributed by atoms with Crippen LogP contribution in [0.15, 0.2) is 11.1 Å². The third-order valence-corrected chi connectivity index (χ3v) is 4.71. The highest BCUT2D eigenvalue weighted by Gasteiger charge is 2.46. The standard InChI is InChI=1S/C13H22/c1-10-11(2)13(7-5-6-8-13)9-12(10,3)4/h5-9H2,1-4H3. The molecule has 0 bridgehead atoms. The summed E-state index contributed by atoms with van der Waals surface area (Å²) in [4.78, 5) is 0. The van der Waals surface area contributed by atoms with Crippen molar-refractivity contribution in [3.8, 4) is 0 Å². The Bertz CT molecular complexity index is 249. The fraction of sp³-hybridized carbons (Fsp3) is 0.846. The van der Waals surface area contributed by atoms with Crippen LogP contribution < -0.4 is 0 Å². The van der Waals surface area contributed by atoms with E-state index in [1.165, 1.54) is 32.1 Å². The van der Waals surface area contributed by atoms with Crippen molar-refractivity contribution in [1.29, 1.82) is 0 Å². The maximum Gasteiger partial charge on any atom is -0.00799 e. The average molecular weight is 178 g/mol. The normalized spacial score (nSPS) is 30.5. The minimum atomic E-state index is 0.481. The minimum absolute atomic E-state index is 0.481. The lowest BCUT2D eigenvalue weighted by atomic mass is 9.76. The monoisotopic (exact) mass is 178 g/mol. The van der Waals surface area contributed by atoms with Gasteiger partial charge in [-0.1, -0.05) is 37.8 Å². The summed E-state index contributed by atoms with van der Waals surface area (Å²) in [5.41, 5.74) is 4.52. The zero-order valence-electron chi connectivity index (χ0n) is 9.54. The predicted molar refractivity (Wildman–Crippen MR) is 57.7 cm³/mol. The summed E-state index contributed by atoms with van der Waals surface area (Å²) in [6.45, 7) is 9.57. The molecule has 1 fully saturated rings. The van der Waals surface area contributed by atoms with E-state index in [2.05, 4.69) is 27.7 Å². The van der Waals surface area contributed by atoms with Gasteiger partial charge in [-0.25, -0.2) is 0 Å². The molecular formula is C13H22. The molecule has 0 radical (unpaired) electrons. The molecule has 0 nitrogen and oxygen atoms in total. The quantitative estimate of drug-likeness (QED) is 0.485. The van der Waals surface area contributed by atoms with E-state index < -0.39 is 0 Å². The number of rotatable bonds is 0. The lowest BCUT2D eigenvalue weighted by Crippen LogP contribution is -2.18. The predicted octanol–water partition coefficient (Wildman–Crippen LogP) is 4.31. The van der Waals surface area contributed by atoms with E-state index in [0.717, 1.165) is 0 Å². The average Bonchev–Trinajstić information content (AvgIpc) is 2.55. The van der Waals surface area contributed by atoms with Crippen molar-refractivity contribution >= 4 is 0 Å². The molecular weight excluding hydrogens is 156 g/mol. The highest BCUT2D eigenvalue weighted by Crippen LogP contribution is 2.59. The summed E-state index contributed by atoms with van der Waals surface area (Å²) in [6.07, 6.45) is 7.25. The van der Waals surface area contributed by atoms with E-state index in [1.54, 1.807) is 11.1 Å². The molecule has 0 heteroatoms. The molecule has 0 heterocycles. The summed E-state index contributed by atoms with van der Waals surface area (Å²) in [5.74, 6) is 0. The largest absolute Gasteiger partial charge is 0.0682 e. The van der Waals surface area contributed by atoms with Crippen molar-refractivity contribution in [2.24, 2.45) is 10.8 Å². The van der Waals surface area contributed by atoms with Crippen molar-refractivity contribution in [1.82, 2.24) is 0 Å². The maximum atomic E-state index is 2.42. The molecule has 0 aromatic heterocycles. The van der Waals surface area contributed by atoms with Gasteiger partial charge in [0.15, 0.2) is 0 Å².